The number of nitrogens with zero attached hydrogens (tertiary/aromatic N) is 5. The second-order valence-electron chi connectivity index (χ2n) is 4.01. The van der Waals surface area contributed by atoms with Gasteiger partial charge in [0.25, 0.3) is 0 Å². The van der Waals surface area contributed by atoms with Crippen molar-refractivity contribution in [2.75, 3.05) is 0 Å². The van der Waals surface area contributed by atoms with E-state index in [0.717, 1.165) is 11.1 Å². The predicted molar refractivity (Wildman–Crippen MR) is 71.6 cm³/mol. The van der Waals surface area contributed by atoms with Gasteiger partial charge in [0, 0.05) is 23.0 Å². The van der Waals surface area contributed by atoms with E-state index >= 15 is 0 Å². The van der Waals surface area contributed by atoms with E-state index < -0.39 is 0 Å². The number of rotatable bonds is 3. The number of aromatic nitrogens is 5. The summed E-state index contributed by atoms with van der Waals surface area (Å²) in [6, 6.07) is 11.2. The lowest BCUT2D eigenvalue weighted by Crippen LogP contribution is -2.03. The van der Waals surface area contributed by atoms with Gasteiger partial charge in [-0.15, -0.1) is 10.2 Å². The molecule has 0 unspecified atom stereocenters. The molecule has 0 radical (unpaired) electrons. The minimum Gasteiger partial charge on any atom is -0.265 e. The Morgan fingerprint density at radius 3 is 2.47 bits per heavy atom. The zero-order valence-corrected chi connectivity index (χ0v) is 10.7. The van der Waals surface area contributed by atoms with E-state index in [-0.39, 0.29) is 0 Å². The second-order valence-corrected chi connectivity index (χ2v) is 4.44. The van der Waals surface area contributed by atoms with Crippen LogP contribution >= 0.6 is 11.6 Å². The van der Waals surface area contributed by atoms with Crippen molar-refractivity contribution in [3.8, 4) is 11.4 Å². The molecule has 0 saturated carbocycles. The van der Waals surface area contributed by atoms with E-state index in [0.29, 0.717) is 17.4 Å². The normalized spacial score (nSPS) is 10.6. The highest BCUT2D eigenvalue weighted by Crippen LogP contribution is 2.17. The van der Waals surface area contributed by atoms with Crippen LogP contribution in [-0.2, 0) is 6.54 Å². The molecule has 0 saturated heterocycles. The molecule has 2 aromatic heterocycles. The molecule has 1 aromatic carbocycles. The van der Waals surface area contributed by atoms with Crippen molar-refractivity contribution in [2.24, 2.45) is 0 Å². The van der Waals surface area contributed by atoms with Gasteiger partial charge < -0.3 is 0 Å². The van der Waals surface area contributed by atoms with Gasteiger partial charge in [0.1, 0.15) is 0 Å². The summed E-state index contributed by atoms with van der Waals surface area (Å²) < 4.78 is 0. The molecule has 6 heteroatoms. The van der Waals surface area contributed by atoms with E-state index in [9.17, 15) is 0 Å². The van der Waals surface area contributed by atoms with E-state index in [1.165, 1.54) is 0 Å². The number of tetrazole rings is 1. The molecule has 0 aliphatic carbocycles. The summed E-state index contributed by atoms with van der Waals surface area (Å²) in [5, 5.41) is 13.1. The van der Waals surface area contributed by atoms with Crippen LogP contribution in [0.1, 0.15) is 5.56 Å². The van der Waals surface area contributed by atoms with Crippen LogP contribution in [0.2, 0.25) is 5.02 Å². The maximum atomic E-state index is 5.84. The maximum Gasteiger partial charge on any atom is 0.204 e. The fourth-order valence-corrected chi connectivity index (χ4v) is 1.80. The molecule has 19 heavy (non-hydrogen) atoms. The summed E-state index contributed by atoms with van der Waals surface area (Å²) in [7, 11) is 0. The molecule has 0 atom stereocenters. The Balaban J connectivity index is 1.82. The average Bonchev–Trinajstić information content (AvgIpc) is 2.89. The molecule has 0 amide bonds. The average molecular weight is 272 g/mol. The number of hydrogen-bond donors (Lipinski definition) is 0. The molecule has 94 valence electrons. The summed E-state index contributed by atoms with van der Waals surface area (Å²) >= 11 is 5.84. The number of halogens is 1. The zero-order chi connectivity index (χ0) is 13.1. The Hall–Kier alpha value is -2.27. The summed E-state index contributed by atoms with van der Waals surface area (Å²) in [5.74, 6) is 0.589. The fraction of sp³-hybridized carbons (Fsp3) is 0.0769. The van der Waals surface area contributed by atoms with Crippen molar-refractivity contribution in [1.82, 2.24) is 25.2 Å². The van der Waals surface area contributed by atoms with Crippen molar-refractivity contribution in [1.29, 1.82) is 0 Å². The summed E-state index contributed by atoms with van der Waals surface area (Å²) in [6.45, 7) is 0.573. The lowest BCUT2D eigenvalue weighted by molar-refractivity contribution is 0.572. The molecule has 0 aliphatic rings. The Morgan fingerprint density at radius 2 is 1.74 bits per heavy atom. The molecule has 3 aromatic rings. The number of pyridine rings is 1. The van der Waals surface area contributed by atoms with Gasteiger partial charge in [-0.25, -0.2) is 0 Å². The second kappa shape index (κ2) is 5.16. The predicted octanol–water partition coefficient (Wildman–Crippen LogP) is 2.44. The van der Waals surface area contributed by atoms with E-state index in [4.69, 9.17) is 11.6 Å². The highest BCUT2D eigenvalue weighted by Gasteiger charge is 2.06. The minimum absolute atomic E-state index is 0.573. The van der Waals surface area contributed by atoms with Gasteiger partial charge in [-0.1, -0.05) is 11.6 Å². The highest BCUT2D eigenvalue weighted by atomic mass is 35.5. The lowest BCUT2D eigenvalue weighted by atomic mass is 10.2. The largest absolute Gasteiger partial charge is 0.265 e. The molecular weight excluding hydrogens is 262 g/mol. The first-order valence-corrected chi connectivity index (χ1v) is 6.12. The monoisotopic (exact) mass is 271 g/mol. The first kappa shape index (κ1) is 11.8. The van der Waals surface area contributed by atoms with Gasteiger partial charge in [0.2, 0.25) is 5.82 Å². The van der Waals surface area contributed by atoms with Crippen molar-refractivity contribution < 1.29 is 0 Å². The van der Waals surface area contributed by atoms with Crippen LogP contribution in [0, 0.1) is 0 Å². The van der Waals surface area contributed by atoms with E-state index in [2.05, 4.69) is 20.4 Å². The van der Waals surface area contributed by atoms with Crippen molar-refractivity contribution in [3.63, 3.8) is 0 Å². The van der Waals surface area contributed by atoms with Crippen LogP contribution in [0.4, 0.5) is 0 Å². The van der Waals surface area contributed by atoms with Crippen LogP contribution in [0.3, 0.4) is 0 Å². The fourth-order valence-electron chi connectivity index (χ4n) is 1.68. The first-order chi connectivity index (χ1) is 9.31. The van der Waals surface area contributed by atoms with E-state index in [1.807, 2.05) is 24.3 Å². The Kier molecular flexibility index (Phi) is 3.20. The van der Waals surface area contributed by atoms with Crippen LogP contribution in [-0.4, -0.2) is 25.2 Å². The van der Waals surface area contributed by atoms with Gasteiger partial charge in [-0.05, 0) is 47.2 Å². The Morgan fingerprint density at radius 1 is 1.00 bits per heavy atom. The van der Waals surface area contributed by atoms with E-state index in [1.54, 1.807) is 29.3 Å². The summed E-state index contributed by atoms with van der Waals surface area (Å²) in [6.07, 6.45) is 3.48. The smallest absolute Gasteiger partial charge is 0.204 e. The summed E-state index contributed by atoms with van der Waals surface area (Å²) in [4.78, 5) is 5.52. The third-order valence-corrected chi connectivity index (χ3v) is 2.88. The standard InChI is InChI=1S/C13H10ClN5/c14-12-3-1-11(2-4-12)13-16-18-19(17-13)9-10-5-7-15-8-6-10/h1-8H,9H2. The molecule has 2 heterocycles. The third kappa shape index (κ3) is 2.77. The topological polar surface area (TPSA) is 56.5 Å². The van der Waals surface area contributed by atoms with Gasteiger partial charge in [0.05, 0.1) is 6.54 Å². The highest BCUT2D eigenvalue weighted by molar-refractivity contribution is 6.30. The SMILES string of the molecule is Clc1ccc(-c2nnn(Cc3ccncc3)n2)cc1. The summed E-state index contributed by atoms with van der Waals surface area (Å²) in [5.41, 5.74) is 1.97. The van der Waals surface area contributed by atoms with Crippen LogP contribution in [0.5, 0.6) is 0 Å². The van der Waals surface area contributed by atoms with Crippen molar-refractivity contribution in [3.05, 3.63) is 59.4 Å². The molecule has 5 nitrogen and oxygen atoms in total. The molecule has 0 spiro atoms. The van der Waals surface area contributed by atoms with Crippen LogP contribution in [0.25, 0.3) is 11.4 Å². The molecular formula is C13H10ClN5. The van der Waals surface area contributed by atoms with Crippen molar-refractivity contribution >= 4 is 11.6 Å². The maximum absolute atomic E-state index is 5.84. The van der Waals surface area contributed by atoms with Gasteiger partial charge >= 0.3 is 0 Å². The Bertz CT molecular complexity index is 663. The zero-order valence-electron chi connectivity index (χ0n) is 9.94. The van der Waals surface area contributed by atoms with Gasteiger partial charge in [-0.3, -0.25) is 4.98 Å². The van der Waals surface area contributed by atoms with Gasteiger partial charge in [0.15, 0.2) is 0 Å². The quantitative estimate of drug-likeness (QED) is 0.734. The Labute approximate surface area is 114 Å². The molecule has 0 fully saturated rings. The van der Waals surface area contributed by atoms with Gasteiger partial charge in [-0.2, -0.15) is 4.80 Å². The molecule has 0 bridgehead atoms. The lowest BCUT2D eigenvalue weighted by Gasteiger charge is -1.98. The molecule has 0 aliphatic heterocycles. The number of hydrogen-bond acceptors (Lipinski definition) is 4. The van der Waals surface area contributed by atoms with Crippen molar-refractivity contribution in [2.45, 2.75) is 6.54 Å². The van der Waals surface area contributed by atoms with Crippen LogP contribution < -0.4 is 0 Å². The molecule has 0 N–H and O–H groups in total. The molecule has 3 rings (SSSR count). The number of benzene rings is 1. The van der Waals surface area contributed by atoms with Crippen LogP contribution in [0.15, 0.2) is 48.8 Å². The minimum atomic E-state index is 0.573. The third-order valence-electron chi connectivity index (χ3n) is 2.63. The first-order valence-electron chi connectivity index (χ1n) is 5.74.